The van der Waals surface area contributed by atoms with Gasteiger partial charge < -0.3 is 4.57 Å². The summed E-state index contributed by atoms with van der Waals surface area (Å²) in [6.45, 7) is 2.31. The smallest absolute Gasteiger partial charge is 0.273 e. The van der Waals surface area contributed by atoms with Gasteiger partial charge in [-0.05, 0) is 17.7 Å². The van der Waals surface area contributed by atoms with Crippen molar-refractivity contribution in [2.45, 2.75) is 19.1 Å². The molecule has 25 heavy (non-hydrogen) atoms. The molecule has 4 rings (SSSR count). The molecular weight excluding hydrogens is 314 g/mol. The van der Waals surface area contributed by atoms with Crippen molar-refractivity contribution in [1.82, 2.24) is 9.47 Å². The molecule has 1 atom stereocenters. The molecule has 5 nitrogen and oxygen atoms in total. The first kappa shape index (κ1) is 15.6. The highest BCUT2D eigenvalue weighted by Gasteiger charge is 2.30. The van der Waals surface area contributed by atoms with Crippen LogP contribution < -0.4 is 0 Å². The molecule has 2 aromatic carbocycles. The van der Waals surface area contributed by atoms with Crippen LogP contribution in [0, 0.1) is 10.1 Å². The lowest BCUT2D eigenvalue weighted by atomic mass is 9.99. The molecule has 0 aliphatic carbocycles. The van der Waals surface area contributed by atoms with Gasteiger partial charge in [-0.3, -0.25) is 15.0 Å². The van der Waals surface area contributed by atoms with E-state index in [4.69, 9.17) is 0 Å². The number of nitrogens with zero attached hydrogens (tertiary/aromatic N) is 3. The fourth-order valence-electron chi connectivity index (χ4n) is 3.66. The van der Waals surface area contributed by atoms with E-state index in [-0.39, 0.29) is 16.7 Å². The number of aromatic nitrogens is 1. The molecule has 1 aliphatic heterocycles. The maximum Gasteiger partial charge on any atom is 0.273 e. The first-order valence-corrected chi connectivity index (χ1v) is 8.40. The fraction of sp³-hybridized carbons (Fsp3) is 0.200. The Kier molecular flexibility index (Phi) is 4.07. The van der Waals surface area contributed by atoms with Crippen molar-refractivity contribution in [1.29, 1.82) is 0 Å². The van der Waals surface area contributed by atoms with E-state index in [2.05, 4.69) is 39.9 Å². The van der Waals surface area contributed by atoms with E-state index in [1.165, 1.54) is 11.3 Å². The normalized spacial score (nSPS) is 17.2. The number of para-hydroxylation sites is 1. The Labute approximate surface area is 146 Å². The molecule has 2 heterocycles. The Morgan fingerprint density at radius 2 is 1.72 bits per heavy atom. The van der Waals surface area contributed by atoms with Gasteiger partial charge in [-0.25, -0.2) is 0 Å². The summed E-state index contributed by atoms with van der Waals surface area (Å²) in [6.07, 6.45) is 2.10. The van der Waals surface area contributed by atoms with E-state index < -0.39 is 0 Å². The lowest BCUT2D eigenvalue weighted by Gasteiger charge is -2.37. The average Bonchev–Trinajstić information content (AvgIpc) is 3.11. The highest BCUT2D eigenvalue weighted by atomic mass is 16.6. The van der Waals surface area contributed by atoms with Crippen molar-refractivity contribution in [2.75, 3.05) is 6.54 Å². The fourth-order valence-corrected chi connectivity index (χ4v) is 3.66. The average molecular weight is 333 g/mol. The van der Waals surface area contributed by atoms with Crippen LogP contribution in [0.3, 0.4) is 0 Å². The van der Waals surface area contributed by atoms with Gasteiger partial charge in [0.05, 0.1) is 11.0 Å². The van der Waals surface area contributed by atoms with E-state index in [0.29, 0.717) is 6.54 Å². The van der Waals surface area contributed by atoms with E-state index in [0.717, 1.165) is 18.7 Å². The van der Waals surface area contributed by atoms with Gasteiger partial charge in [-0.2, -0.15) is 0 Å². The Balaban J connectivity index is 1.73. The molecule has 0 saturated heterocycles. The molecule has 0 bridgehead atoms. The summed E-state index contributed by atoms with van der Waals surface area (Å²) in [4.78, 5) is 13.4. The van der Waals surface area contributed by atoms with E-state index in [1.54, 1.807) is 12.1 Å². The SMILES string of the molecule is O=[N+]([O-])c1ccccc1CN1CCn2cccc2[C@H]1c1ccccc1. The third-order valence-corrected chi connectivity index (χ3v) is 4.82. The third kappa shape index (κ3) is 2.94. The highest BCUT2D eigenvalue weighted by molar-refractivity contribution is 5.40. The summed E-state index contributed by atoms with van der Waals surface area (Å²) in [5.74, 6) is 0. The molecule has 0 saturated carbocycles. The first-order chi connectivity index (χ1) is 12.2. The molecule has 126 valence electrons. The molecule has 0 fully saturated rings. The van der Waals surface area contributed by atoms with Crippen molar-refractivity contribution in [2.24, 2.45) is 0 Å². The molecule has 1 aromatic heterocycles. The number of hydrogen-bond donors (Lipinski definition) is 0. The molecule has 5 heteroatoms. The van der Waals surface area contributed by atoms with Crippen molar-refractivity contribution >= 4 is 5.69 Å². The summed E-state index contributed by atoms with van der Waals surface area (Å²) in [6, 6.07) is 21.7. The number of nitro groups is 1. The second kappa shape index (κ2) is 6.53. The van der Waals surface area contributed by atoms with Crippen LogP contribution in [0.4, 0.5) is 5.69 Å². The molecule has 0 N–H and O–H groups in total. The number of nitro benzene ring substituents is 1. The summed E-state index contributed by atoms with van der Waals surface area (Å²) >= 11 is 0. The predicted octanol–water partition coefficient (Wildman–Crippen LogP) is 4.00. The Morgan fingerprint density at radius 1 is 0.960 bits per heavy atom. The number of benzene rings is 2. The van der Waals surface area contributed by atoms with Crippen LogP contribution in [-0.2, 0) is 13.1 Å². The monoisotopic (exact) mass is 333 g/mol. The molecular formula is C20H19N3O2. The van der Waals surface area contributed by atoms with Crippen LogP contribution >= 0.6 is 0 Å². The maximum atomic E-state index is 11.4. The zero-order valence-electron chi connectivity index (χ0n) is 13.8. The summed E-state index contributed by atoms with van der Waals surface area (Å²) in [7, 11) is 0. The van der Waals surface area contributed by atoms with Gasteiger partial charge in [0.25, 0.3) is 5.69 Å². The number of hydrogen-bond acceptors (Lipinski definition) is 3. The van der Waals surface area contributed by atoms with Crippen LogP contribution in [0.2, 0.25) is 0 Å². The minimum absolute atomic E-state index is 0.102. The predicted molar refractivity (Wildman–Crippen MR) is 96.2 cm³/mol. The maximum absolute atomic E-state index is 11.4. The summed E-state index contributed by atoms with van der Waals surface area (Å²) in [5.41, 5.74) is 3.39. The second-order valence-electron chi connectivity index (χ2n) is 6.30. The van der Waals surface area contributed by atoms with E-state index >= 15 is 0 Å². The van der Waals surface area contributed by atoms with Crippen LogP contribution in [0.5, 0.6) is 0 Å². The standard InChI is InChI=1S/C20H19N3O2/c24-23(25)18-10-5-4-9-17(18)15-22-14-13-21-12-6-11-19(21)20(22)16-7-2-1-3-8-16/h1-12,20H,13-15H2/t20-/m1/s1. The van der Waals surface area contributed by atoms with E-state index in [9.17, 15) is 10.1 Å². The Morgan fingerprint density at radius 3 is 2.52 bits per heavy atom. The van der Waals surface area contributed by atoms with Gasteiger partial charge in [0.1, 0.15) is 0 Å². The minimum Gasteiger partial charge on any atom is -0.348 e. The van der Waals surface area contributed by atoms with Crippen molar-refractivity contribution < 1.29 is 4.92 Å². The van der Waals surface area contributed by atoms with Gasteiger partial charge in [-0.15, -0.1) is 0 Å². The molecule has 0 spiro atoms. The topological polar surface area (TPSA) is 51.3 Å². The van der Waals surface area contributed by atoms with Crippen molar-refractivity contribution in [3.63, 3.8) is 0 Å². The molecule has 0 amide bonds. The molecule has 0 unspecified atom stereocenters. The van der Waals surface area contributed by atoms with Gasteiger partial charge in [0.2, 0.25) is 0 Å². The van der Waals surface area contributed by atoms with Crippen LogP contribution in [-0.4, -0.2) is 20.9 Å². The second-order valence-corrected chi connectivity index (χ2v) is 6.30. The molecule has 0 radical (unpaired) electrons. The molecule has 1 aliphatic rings. The quantitative estimate of drug-likeness (QED) is 0.535. The lowest BCUT2D eigenvalue weighted by Crippen LogP contribution is -2.38. The van der Waals surface area contributed by atoms with Crippen LogP contribution in [0.15, 0.2) is 72.9 Å². The Bertz CT molecular complexity index is 889. The summed E-state index contributed by atoms with van der Waals surface area (Å²) < 4.78 is 2.27. The summed E-state index contributed by atoms with van der Waals surface area (Å²) in [5, 5.41) is 11.4. The number of fused-ring (bicyclic) bond motifs is 1. The zero-order valence-corrected chi connectivity index (χ0v) is 13.8. The first-order valence-electron chi connectivity index (χ1n) is 8.40. The van der Waals surface area contributed by atoms with Crippen molar-refractivity contribution in [3.8, 4) is 0 Å². The van der Waals surface area contributed by atoms with Gasteiger partial charge >= 0.3 is 0 Å². The van der Waals surface area contributed by atoms with Crippen LogP contribution in [0.1, 0.15) is 22.9 Å². The Hall–Kier alpha value is -2.92. The molecule has 3 aromatic rings. The van der Waals surface area contributed by atoms with Crippen LogP contribution in [0.25, 0.3) is 0 Å². The zero-order chi connectivity index (χ0) is 17.2. The van der Waals surface area contributed by atoms with Gasteiger partial charge in [-0.1, -0.05) is 48.5 Å². The highest BCUT2D eigenvalue weighted by Crippen LogP contribution is 2.34. The number of rotatable bonds is 4. The van der Waals surface area contributed by atoms with Crippen molar-refractivity contribution in [3.05, 3.63) is 99.9 Å². The lowest BCUT2D eigenvalue weighted by molar-refractivity contribution is -0.385. The largest absolute Gasteiger partial charge is 0.348 e. The minimum atomic E-state index is -0.292. The van der Waals surface area contributed by atoms with Gasteiger partial charge in [0, 0.05) is 43.2 Å². The third-order valence-electron chi connectivity index (χ3n) is 4.82. The van der Waals surface area contributed by atoms with Gasteiger partial charge in [0.15, 0.2) is 0 Å². The van der Waals surface area contributed by atoms with E-state index in [1.807, 2.05) is 30.3 Å².